The average molecular weight is 925 g/mol. The molecule has 4 aromatic rings. The first-order valence-corrected chi connectivity index (χ1v) is 25.7. The Morgan fingerprint density at radius 3 is 2.33 bits per heavy atom. The summed E-state index contributed by atoms with van der Waals surface area (Å²) in [6.45, 7) is 20.4. The van der Waals surface area contributed by atoms with Gasteiger partial charge < -0.3 is 23.8 Å². The smallest absolute Gasteiger partial charge is 0.410 e. The fraction of sp³-hybridized carbons (Fsp3) is 0.569. The first-order chi connectivity index (χ1) is 31.3. The van der Waals surface area contributed by atoms with Crippen LogP contribution in [0.4, 0.5) is 23.7 Å². The number of alkyl halides is 1. The van der Waals surface area contributed by atoms with Gasteiger partial charge in [-0.05, 0) is 93.2 Å². The molecule has 4 atom stereocenters. The Morgan fingerprint density at radius 2 is 1.70 bits per heavy atom. The molecular formula is C51H63F3N6O5Si. The van der Waals surface area contributed by atoms with Gasteiger partial charge in [0.1, 0.15) is 60.9 Å². The fourth-order valence-corrected chi connectivity index (χ4v) is 17.0. The van der Waals surface area contributed by atoms with Crippen molar-refractivity contribution < 1.29 is 36.9 Å². The molecule has 2 aromatic carbocycles. The summed E-state index contributed by atoms with van der Waals surface area (Å²) in [6.07, 6.45) is 3.45. The largest absolute Gasteiger partial charge is 0.475 e. The molecule has 352 valence electrons. The van der Waals surface area contributed by atoms with Crippen LogP contribution >= 0.6 is 0 Å². The summed E-state index contributed by atoms with van der Waals surface area (Å²) >= 11 is 0. The maximum atomic E-state index is 18.1. The lowest BCUT2D eigenvalue weighted by Gasteiger charge is -2.42. The Bertz CT molecular complexity index is 2600. The van der Waals surface area contributed by atoms with E-state index in [0.29, 0.717) is 48.3 Å². The molecule has 11 nitrogen and oxygen atoms in total. The van der Waals surface area contributed by atoms with Crippen molar-refractivity contribution >= 4 is 41.5 Å². The number of hydrogen-bond acceptors (Lipinski definition) is 10. The van der Waals surface area contributed by atoms with Gasteiger partial charge in [0.05, 0.1) is 28.9 Å². The summed E-state index contributed by atoms with van der Waals surface area (Å²) in [5.41, 5.74) is 3.90. The van der Waals surface area contributed by atoms with Gasteiger partial charge in [-0.25, -0.2) is 22.9 Å². The van der Waals surface area contributed by atoms with Gasteiger partial charge in [0.25, 0.3) is 0 Å². The third-order valence-corrected chi connectivity index (χ3v) is 20.9. The summed E-state index contributed by atoms with van der Waals surface area (Å²) in [6, 6.07) is 8.24. The molecule has 0 unspecified atom stereocenters. The zero-order valence-corrected chi connectivity index (χ0v) is 41.0. The van der Waals surface area contributed by atoms with E-state index in [1.807, 2.05) is 25.7 Å². The van der Waals surface area contributed by atoms with E-state index >= 15 is 8.78 Å². The van der Waals surface area contributed by atoms with E-state index < -0.39 is 43.1 Å². The van der Waals surface area contributed by atoms with Gasteiger partial charge in [-0.1, -0.05) is 53.5 Å². The van der Waals surface area contributed by atoms with Crippen molar-refractivity contribution in [1.29, 1.82) is 5.26 Å². The Hall–Kier alpha value is -5.09. The highest BCUT2D eigenvalue weighted by Gasteiger charge is 2.50. The van der Waals surface area contributed by atoms with Gasteiger partial charge in [-0.3, -0.25) is 14.8 Å². The molecule has 4 aliphatic heterocycles. The fourth-order valence-electron chi connectivity index (χ4n) is 11.8. The summed E-state index contributed by atoms with van der Waals surface area (Å²) in [7, 11) is -0.857. The Kier molecular flexibility index (Phi) is 13.1. The number of halogens is 3. The van der Waals surface area contributed by atoms with Crippen molar-refractivity contribution in [2.24, 2.45) is 0 Å². The van der Waals surface area contributed by atoms with Crippen LogP contribution in [-0.4, -0.2) is 110 Å². The summed E-state index contributed by atoms with van der Waals surface area (Å²) in [5, 5.41) is 12.2. The van der Waals surface area contributed by atoms with E-state index in [2.05, 4.69) is 64.0 Å². The average Bonchev–Trinajstić information content (AvgIpc) is 3.87. The van der Waals surface area contributed by atoms with E-state index in [-0.39, 0.29) is 81.3 Å². The molecule has 4 fully saturated rings. The Morgan fingerprint density at radius 1 is 1.00 bits per heavy atom. The van der Waals surface area contributed by atoms with Crippen molar-refractivity contribution in [2.75, 3.05) is 51.6 Å². The van der Waals surface area contributed by atoms with E-state index in [4.69, 9.17) is 28.9 Å². The van der Waals surface area contributed by atoms with E-state index in [0.717, 1.165) is 32.2 Å². The minimum atomic E-state index is -2.35. The maximum absolute atomic E-state index is 18.1. The second kappa shape index (κ2) is 18.2. The van der Waals surface area contributed by atoms with Crippen LogP contribution in [-0.2, 0) is 9.47 Å². The number of hydrogen-bond donors (Lipinski definition) is 0. The predicted octanol–water partition coefficient (Wildman–Crippen LogP) is 10.7. The third-order valence-electron chi connectivity index (χ3n) is 14.6. The van der Waals surface area contributed by atoms with Gasteiger partial charge in [-0.2, -0.15) is 5.26 Å². The summed E-state index contributed by atoms with van der Waals surface area (Å²) < 4.78 is 73.0. The van der Waals surface area contributed by atoms with Crippen molar-refractivity contribution in [2.45, 2.75) is 140 Å². The number of carbonyl (C=O) groups is 1. The maximum Gasteiger partial charge on any atom is 0.410 e. The number of methoxy groups -OCH3 is 1. The minimum absolute atomic E-state index is 0.0655. The van der Waals surface area contributed by atoms with Crippen LogP contribution in [0, 0.1) is 34.4 Å². The molecule has 4 saturated heterocycles. The van der Waals surface area contributed by atoms with Crippen LogP contribution in [0.15, 0.2) is 30.5 Å². The Labute approximate surface area is 387 Å². The van der Waals surface area contributed by atoms with E-state index in [9.17, 15) is 14.4 Å². The number of piperazine rings is 1. The number of pyridine rings is 2. The molecule has 2 aromatic heterocycles. The highest BCUT2D eigenvalue weighted by Crippen LogP contribution is 2.46. The highest BCUT2D eigenvalue weighted by molar-refractivity contribution is 6.90. The monoisotopic (exact) mass is 924 g/mol. The second-order valence-electron chi connectivity index (χ2n) is 20.7. The van der Waals surface area contributed by atoms with Crippen molar-refractivity contribution in [3.8, 4) is 40.4 Å². The van der Waals surface area contributed by atoms with Gasteiger partial charge in [0.2, 0.25) is 5.88 Å². The first kappa shape index (κ1) is 47.4. The van der Waals surface area contributed by atoms with Crippen molar-refractivity contribution in [3.05, 3.63) is 53.2 Å². The first-order valence-electron chi connectivity index (χ1n) is 23.4. The summed E-state index contributed by atoms with van der Waals surface area (Å²) in [5.74, 6) is 2.25. The lowest BCUT2D eigenvalue weighted by Crippen LogP contribution is -2.57. The van der Waals surface area contributed by atoms with Gasteiger partial charge in [0, 0.05) is 55.7 Å². The number of rotatable bonds is 11. The Balaban J connectivity index is 1.33. The number of nitrogens with zero attached hydrogens (tertiary/aromatic N) is 6. The molecule has 0 saturated carbocycles. The minimum Gasteiger partial charge on any atom is -0.475 e. The van der Waals surface area contributed by atoms with Crippen LogP contribution in [0.1, 0.15) is 106 Å². The number of ether oxygens (including phenoxy) is 4. The quantitative estimate of drug-likeness (QED) is 0.0818. The van der Waals surface area contributed by atoms with E-state index in [1.165, 1.54) is 19.4 Å². The van der Waals surface area contributed by atoms with Crippen LogP contribution in [0.2, 0.25) is 16.6 Å². The topological polar surface area (TPSA) is 113 Å². The molecule has 0 aliphatic carbocycles. The molecule has 8 rings (SSSR count). The molecule has 66 heavy (non-hydrogen) atoms. The number of aromatic nitrogens is 2. The highest BCUT2D eigenvalue weighted by atomic mass is 28.3. The molecule has 4 aliphatic rings. The van der Waals surface area contributed by atoms with Crippen LogP contribution in [0.3, 0.4) is 0 Å². The lowest BCUT2D eigenvalue weighted by molar-refractivity contribution is 0.0123. The molecule has 2 bridgehead atoms. The van der Waals surface area contributed by atoms with Crippen molar-refractivity contribution in [3.63, 3.8) is 0 Å². The van der Waals surface area contributed by atoms with Gasteiger partial charge >= 0.3 is 6.09 Å². The lowest BCUT2D eigenvalue weighted by atomic mass is 9.94. The molecular weight excluding hydrogens is 862 g/mol. The number of benzene rings is 2. The number of amides is 1. The second-order valence-corrected chi connectivity index (χ2v) is 26.2. The van der Waals surface area contributed by atoms with Gasteiger partial charge in [0.15, 0.2) is 12.6 Å². The zero-order chi connectivity index (χ0) is 47.5. The molecule has 0 spiro atoms. The van der Waals surface area contributed by atoms with Crippen LogP contribution in [0.25, 0.3) is 32.9 Å². The zero-order valence-electron chi connectivity index (χ0n) is 40.0. The molecule has 6 heterocycles. The number of nitriles is 1. The SMILES string of the molecule is COCOc1cc(-c2ncc3c(N4C[C@H]5CC[C@@H](C4)N5C(=O)OC(C)(C)C)c(C#N)c(OC[C@@]45CCCN4C[C@H](F)C5)nc3c2F)c2c(C#C[Si](C(C)C)(C(C)C)C(C)C)c(F)ccc2c1. The molecule has 1 amide bonds. The third kappa shape index (κ3) is 8.45. The van der Waals surface area contributed by atoms with Crippen LogP contribution < -0.4 is 14.4 Å². The molecule has 0 N–H and O–H groups in total. The normalized spacial score (nSPS) is 22.1. The molecule has 0 radical (unpaired) electrons. The number of carbonyl (C=O) groups excluding carboxylic acids is 1. The van der Waals surface area contributed by atoms with Gasteiger partial charge in [-0.15, -0.1) is 5.54 Å². The number of anilines is 1. The predicted molar refractivity (Wildman–Crippen MR) is 253 cm³/mol. The van der Waals surface area contributed by atoms with Crippen LogP contribution in [0.5, 0.6) is 11.6 Å². The number of fused-ring (bicyclic) bond motifs is 5. The van der Waals surface area contributed by atoms with E-state index in [1.54, 1.807) is 23.1 Å². The summed E-state index contributed by atoms with van der Waals surface area (Å²) in [4.78, 5) is 29.0. The standard InChI is InChI=1S/C51H63F3N6O5Si/c1-30(2)66(31(3)4,32(5)6)19-16-38-42(53)15-12-33-20-37(64-29-62-10)21-39(43(33)38)45-44(54)46-41(24-56-45)47(58-26-35-13-14-36(27-58)60(35)49(61)65-50(7,8)9)40(23-55)48(57-46)63-28-51-17-11-18-59(51)25-34(52)22-51/h12,15,20-21,24,30-32,34-36H,11,13-14,17-18,22,25-29H2,1-10H3/t34-,35-,36+,51+/m1/s1. The van der Waals surface area contributed by atoms with Crippen molar-refractivity contribution in [1.82, 2.24) is 19.8 Å². The molecule has 15 heteroatoms.